The largest absolute Gasteiger partial charge is 0.573 e. The highest BCUT2D eigenvalue weighted by molar-refractivity contribution is 7.91. The lowest BCUT2D eigenvalue weighted by Gasteiger charge is -2.37. The molecule has 5 rings (SSSR count). The number of hydrogen-bond donors (Lipinski definition) is 2. The van der Waals surface area contributed by atoms with Crippen LogP contribution >= 0.6 is 23.2 Å². The number of aliphatic hydroxyl groups excluding tert-OH is 1. The van der Waals surface area contributed by atoms with Crippen molar-refractivity contribution in [2.45, 2.75) is 42.8 Å². The van der Waals surface area contributed by atoms with Gasteiger partial charge in [-0.2, -0.15) is 0 Å². The Bertz CT molecular complexity index is 1590. The molecule has 2 N–H and O–H groups in total. The van der Waals surface area contributed by atoms with Crippen molar-refractivity contribution in [3.8, 4) is 5.75 Å². The maximum absolute atomic E-state index is 14.1. The van der Waals surface area contributed by atoms with E-state index in [0.717, 1.165) is 33.9 Å². The molecule has 1 unspecified atom stereocenters. The van der Waals surface area contributed by atoms with Crippen LogP contribution in [0.4, 0.5) is 13.2 Å². The molecule has 1 aromatic heterocycles. The molecule has 0 saturated carbocycles. The van der Waals surface area contributed by atoms with E-state index in [1.807, 2.05) is 35.8 Å². The van der Waals surface area contributed by atoms with Gasteiger partial charge in [0.2, 0.25) is 0 Å². The molecule has 13 heteroatoms. The Morgan fingerprint density at radius 1 is 1.05 bits per heavy atom. The standard InChI is InChI=1S/C27H26Cl2F3N3O4S/c1-2-11-33-40(37,19-7-5-18(6-8-19)39-27(30,31)32)34-22-14-38-15-25(26(22)36)35-23-9-3-16(28)12-20(23)21-13-17(29)4-10-24(21)35/h3-10,12-13,22,25-26,36H,2,11,14-15H2,1H3,(H,33,34,37)/t22-,25+,26-,40?/m1/s1. The van der Waals surface area contributed by atoms with Crippen LogP contribution in [0.15, 0.2) is 69.9 Å². The number of nitrogens with zero attached hydrogens (tertiary/aromatic N) is 2. The molecule has 3 aromatic carbocycles. The fourth-order valence-corrected chi connectivity index (χ4v) is 7.16. The maximum atomic E-state index is 14.1. The summed E-state index contributed by atoms with van der Waals surface area (Å²) in [7, 11) is -3.36. The van der Waals surface area contributed by atoms with Crippen molar-refractivity contribution in [2.24, 2.45) is 4.36 Å². The first-order valence-electron chi connectivity index (χ1n) is 12.5. The van der Waals surface area contributed by atoms with Crippen molar-refractivity contribution in [2.75, 3.05) is 19.8 Å². The Labute approximate surface area is 239 Å². The summed E-state index contributed by atoms with van der Waals surface area (Å²) in [6.07, 6.45) is -5.33. The monoisotopic (exact) mass is 615 g/mol. The van der Waals surface area contributed by atoms with Gasteiger partial charge in [0, 0.05) is 38.4 Å². The van der Waals surface area contributed by atoms with Crippen LogP contribution in [0.1, 0.15) is 19.4 Å². The maximum Gasteiger partial charge on any atom is 0.573 e. The van der Waals surface area contributed by atoms with Gasteiger partial charge in [-0.1, -0.05) is 30.1 Å². The second kappa shape index (κ2) is 11.4. The summed E-state index contributed by atoms with van der Waals surface area (Å²) in [6.45, 7) is 2.31. The second-order valence-electron chi connectivity index (χ2n) is 9.41. The van der Waals surface area contributed by atoms with Crippen LogP contribution in [0.5, 0.6) is 5.75 Å². The zero-order chi connectivity index (χ0) is 28.7. The van der Waals surface area contributed by atoms with Crippen molar-refractivity contribution in [1.29, 1.82) is 0 Å². The Morgan fingerprint density at radius 3 is 2.20 bits per heavy atom. The number of aromatic nitrogens is 1. The average Bonchev–Trinajstić information content (AvgIpc) is 3.20. The van der Waals surface area contributed by atoms with E-state index in [1.165, 1.54) is 12.1 Å². The van der Waals surface area contributed by atoms with Crippen molar-refractivity contribution >= 4 is 54.9 Å². The Morgan fingerprint density at radius 2 is 1.65 bits per heavy atom. The number of rotatable bonds is 7. The van der Waals surface area contributed by atoms with Gasteiger partial charge in [0.1, 0.15) is 15.7 Å². The molecule has 214 valence electrons. The second-order valence-corrected chi connectivity index (χ2v) is 12.3. The first-order chi connectivity index (χ1) is 19.0. The van der Waals surface area contributed by atoms with E-state index < -0.39 is 40.2 Å². The summed E-state index contributed by atoms with van der Waals surface area (Å²) in [5, 5.41) is 14.4. The van der Waals surface area contributed by atoms with Crippen molar-refractivity contribution < 1.29 is 32.0 Å². The van der Waals surface area contributed by atoms with Crippen LogP contribution in [0, 0.1) is 0 Å². The van der Waals surface area contributed by atoms with E-state index in [4.69, 9.17) is 27.9 Å². The lowest BCUT2D eigenvalue weighted by atomic mass is 10.0. The van der Waals surface area contributed by atoms with Crippen LogP contribution in [0.3, 0.4) is 0 Å². The number of fused-ring (bicyclic) bond motifs is 3. The molecule has 2 heterocycles. The molecule has 0 bridgehead atoms. The van der Waals surface area contributed by atoms with Crippen LogP contribution in [-0.2, 0) is 14.7 Å². The minimum Gasteiger partial charge on any atom is -0.406 e. The molecule has 40 heavy (non-hydrogen) atoms. The van der Waals surface area contributed by atoms with Crippen LogP contribution in [0.25, 0.3) is 21.8 Å². The number of nitrogens with one attached hydrogen (secondary N) is 1. The first-order valence-corrected chi connectivity index (χ1v) is 14.8. The van der Waals surface area contributed by atoms with Crippen molar-refractivity contribution in [3.63, 3.8) is 0 Å². The number of aliphatic hydroxyl groups is 1. The topological polar surface area (TPSA) is 85.1 Å². The van der Waals surface area contributed by atoms with Crippen molar-refractivity contribution in [1.82, 2.24) is 9.29 Å². The van der Waals surface area contributed by atoms with Gasteiger partial charge in [0.15, 0.2) is 0 Å². The molecule has 0 amide bonds. The highest BCUT2D eigenvalue weighted by Crippen LogP contribution is 2.37. The molecular formula is C27H26Cl2F3N3O4S. The molecule has 4 atom stereocenters. The fourth-order valence-electron chi connectivity index (χ4n) is 4.90. The zero-order valence-corrected chi connectivity index (χ0v) is 23.5. The third-order valence-corrected chi connectivity index (χ3v) is 9.18. The number of hydrogen-bond acceptors (Lipinski definition) is 5. The van der Waals surface area contributed by atoms with Gasteiger partial charge in [0.05, 0.1) is 36.3 Å². The summed E-state index contributed by atoms with van der Waals surface area (Å²) in [5.41, 5.74) is 1.62. The number of ether oxygens (including phenoxy) is 2. The van der Waals surface area contributed by atoms with Crippen molar-refractivity contribution in [3.05, 3.63) is 70.7 Å². The molecule has 4 aromatic rings. The number of halogens is 5. The molecule has 0 aliphatic carbocycles. The molecule has 1 aliphatic rings. The predicted molar refractivity (Wildman–Crippen MR) is 149 cm³/mol. The lowest BCUT2D eigenvalue weighted by Crippen LogP contribution is -2.53. The van der Waals surface area contributed by atoms with E-state index in [1.54, 1.807) is 12.1 Å². The van der Waals surface area contributed by atoms with Crippen LogP contribution in [0.2, 0.25) is 10.0 Å². The first kappa shape index (κ1) is 29.0. The quantitative estimate of drug-likeness (QED) is 0.241. The van der Waals surface area contributed by atoms with Gasteiger partial charge in [-0.15, -0.1) is 13.2 Å². The predicted octanol–water partition coefficient (Wildman–Crippen LogP) is 6.74. The fraction of sp³-hybridized carbons (Fsp3) is 0.333. The Hall–Kier alpha value is -2.54. The number of alkyl halides is 3. The van der Waals surface area contributed by atoms with Gasteiger partial charge in [-0.3, -0.25) is 0 Å². The smallest absolute Gasteiger partial charge is 0.406 e. The molecule has 1 aliphatic heterocycles. The molecule has 0 radical (unpaired) electrons. The summed E-state index contributed by atoms with van der Waals surface area (Å²) < 4.78 is 71.0. The van der Waals surface area contributed by atoms with E-state index in [0.29, 0.717) is 16.5 Å². The molecule has 0 spiro atoms. The zero-order valence-electron chi connectivity index (χ0n) is 21.2. The third-order valence-electron chi connectivity index (χ3n) is 6.64. The van der Waals surface area contributed by atoms with Gasteiger partial charge < -0.3 is 19.1 Å². The summed E-state index contributed by atoms with van der Waals surface area (Å²) in [4.78, 5) is 0.158. The summed E-state index contributed by atoms with van der Waals surface area (Å²) >= 11 is 12.6. The lowest BCUT2D eigenvalue weighted by molar-refractivity contribution is -0.274. The highest BCUT2D eigenvalue weighted by Gasteiger charge is 2.37. The van der Waals surface area contributed by atoms with E-state index in [9.17, 15) is 22.5 Å². The van der Waals surface area contributed by atoms with Gasteiger partial charge >= 0.3 is 6.36 Å². The minimum atomic E-state index is -4.85. The van der Waals surface area contributed by atoms with E-state index >= 15 is 0 Å². The average molecular weight is 616 g/mol. The third kappa shape index (κ3) is 5.90. The van der Waals surface area contributed by atoms with E-state index in [-0.39, 0.29) is 24.7 Å². The number of benzene rings is 3. The molecule has 1 fully saturated rings. The van der Waals surface area contributed by atoms with E-state index in [2.05, 4.69) is 13.8 Å². The summed E-state index contributed by atoms with van der Waals surface area (Å²) in [6, 6.07) is 14.2. The molecular weight excluding hydrogens is 590 g/mol. The normalized spacial score (nSPS) is 21.4. The minimum absolute atomic E-state index is 0.0420. The molecule has 1 saturated heterocycles. The van der Waals surface area contributed by atoms with Gasteiger partial charge in [-0.05, 0) is 67.1 Å². The Kier molecular flexibility index (Phi) is 8.24. The highest BCUT2D eigenvalue weighted by atomic mass is 35.5. The Balaban J connectivity index is 1.50. The van der Waals surface area contributed by atoms with Crippen LogP contribution in [-0.4, -0.2) is 52.1 Å². The SMILES string of the molecule is CCCN=S(=O)(N[C@@H]1COC[C@H](n2c3ccc(Cl)cc3c3cc(Cl)ccc32)[C@@H]1O)c1ccc(OC(F)(F)F)cc1. The van der Waals surface area contributed by atoms with Gasteiger partial charge in [-0.25, -0.2) is 13.3 Å². The molecule has 7 nitrogen and oxygen atoms in total. The van der Waals surface area contributed by atoms with Gasteiger partial charge in [0.25, 0.3) is 0 Å². The van der Waals surface area contributed by atoms with Crippen LogP contribution < -0.4 is 9.46 Å². The summed E-state index contributed by atoms with van der Waals surface area (Å²) in [5.74, 6) is -0.443.